The maximum atomic E-state index is 12.2. The zero-order valence-electron chi connectivity index (χ0n) is 10.4. The van der Waals surface area contributed by atoms with E-state index in [1.165, 1.54) is 11.3 Å². The Kier molecular flexibility index (Phi) is 4.86. The first-order valence-corrected chi connectivity index (χ1v) is 7.49. The van der Waals surface area contributed by atoms with Crippen molar-refractivity contribution in [1.29, 1.82) is 0 Å². The highest BCUT2D eigenvalue weighted by molar-refractivity contribution is 7.14. The number of urea groups is 1. The Morgan fingerprint density at radius 2 is 2.56 bits per heavy atom. The fraction of sp³-hybridized carbons (Fsp3) is 0.583. The van der Waals surface area contributed by atoms with Crippen molar-refractivity contribution >= 4 is 34.0 Å². The second-order valence-electron chi connectivity index (χ2n) is 4.40. The molecule has 1 atom stereocenters. The first kappa shape index (κ1) is 13.6. The topological polar surface area (TPSA) is 44.4 Å². The lowest BCUT2D eigenvalue weighted by Crippen LogP contribution is -2.54. The average molecular weight is 288 g/mol. The van der Waals surface area contributed by atoms with E-state index in [9.17, 15) is 4.79 Å². The molecule has 18 heavy (non-hydrogen) atoms. The van der Waals surface area contributed by atoms with Crippen LogP contribution in [-0.2, 0) is 0 Å². The van der Waals surface area contributed by atoms with Gasteiger partial charge in [0.1, 0.15) is 0 Å². The van der Waals surface area contributed by atoms with Crippen molar-refractivity contribution in [2.75, 3.05) is 25.0 Å². The Labute approximate surface area is 116 Å². The highest BCUT2D eigenvalue weighted by Gasteiger charge is 2.25. The number of nitrogens with one attached hydrogen (secondary N) is 2. The third kappa shape index (κ3) is 3.37. The molecule has 0 radical (unpaired) electrons. The lowest BCUT2D eigenvalue weighted by molar-refractivity contribution is 0.165. The Hall–Kier alpha value is -0.780. The predicted molar refractivity (Wildman–Crippen MR) is 76.6 cm³/mol. The van der Waals surface area contributed by atoms with Crippen LogP contribution < -0.4 is 10.6 Å². The SMILES string of the molecule is CCCC1CNCCN1C(=O)Nc1cc(Cl)cs1. The van der Waals surface area contributed by atoms with Gasteiger partial charge in [0.15, 0.2) is 0 Å². The van der Waals surface area contributed by atoms with Gasteiger partial charge in [-0.3, -0.25) is 5.32 Å². The molecule has 6 heteroatoms. The molecule has 1 aromatic heterocycles. The van der Waals surface area contributed by atoms with E-state index >= 15 is 0 Å². The van der Waals surface area contributed by atoms with Crippen molar-refractivity contribution in [1.82, 2.24) is 10.2 Å². The maximum Gasteiger partial charge on any atom is 0.322 e. The number of hydrogen-bond acceptors (Lipinski definition) is 3. The molecule has 1 unspecified atom stereocenters. The Morgan fingerprint density at radius 3 is 3.22 bits per heavy atom. The molecule has 0 aromatic carbocycles. The summed E-state index contributed by atoms with van der Waals surface area (Å²) in [5.74, 6) is 0. The molecule has 0 bridgehead atoms. The van der Waals surface area contributed by atoms with Crippen LogP contribution in [-0.4, -0.2) is 36.6 Å². The highest BCUT2D eigenvalue weighted by Crippen LogP contribution is 2.24. The molecular formula is C12H18ClN3OS. The Bertz CT molecular complexity index is 408. The summed E-state index contributed by atoms with van der Waals surface area (Å²) in [6.45, 7) is 4.64. The molecule has 0 saturated carbocycles. The van der Waals surface area contributed by atoms with Crippen LogP contribution >= 0.6 is 22.9 Å². The lowest BCUT2D eigenvalue weighted by Gasteiger charge is -2.36. The molecule has 2 heterocycles. The van der Waals surface area contributed by atoms with Gasteiger partial charge in [0.25, 0.3) is 0 Å². The zero-order chi connectivity index (χ0) is 13.0. The molecule has 0 spiro atoms. The molecule has 2 N–H and O–H groups in total. The van der Waals surface area contributed by atoms with E-state index in [2.05, 4.69) is 17.6 Å². The molecule has 1 aliphatic rings. The van der Waals surface area contributed by atoms with Gasteiger partial charge in [0.05, 0.1) is 10.0 Å². The fourth-order valence-electron chi connectivity index (χ4n) is 2.18. The van der Waals surface area contributed by atoms with Gasteiger partial charge in [0.2, 0.25) is 0 Å². The Morgan fingerprint density at radius 1 is 1.72 bits per heavy atom. The van der Waals surface area contributed by atoms with Crippen LogP contribution in [0.25, 0.3) is 0 Å². The molecule has 1 aliphatic heterocycles. The van der Waals surface area contributed by atoms with E-state index in [4.69, 9.17) is 11.6 Å². The number of hydrogen-bond donors (Lipinski definition) is 2. The second-order valence-corrected chi connectivity index (χ2v) is 5.75. The molecule has 100 valence electrons. The van der Waals surface area contributed by atoms with Crippen LogP contribution in [0.2, 0.25) is 5.02 Å². The van der Waals surface area contributed by atoms with E-state index in [1.54, 1.807) is 6.07 Å². The maximum absolute atomic E-state index is 12.2. The van der Waals surface area contributed by atoms with Crippen LogP contribution in [0.15, 0.2) is 11.4 Å². The summed E-state index contributed by atoms with van der Waals surface area (Å²) in [7, 11) is 0. The fourth-order valence-corrected chi connectivity index (χ4v) is 3.13. The zero-order valence-corrected chi connectivity index (χ0v) is 12.0. The molecule has 1 fully saturated rings. The van der Waals surface area contributed by atoms with Crippen LogP contribution in [0.1, 0.15) is 19.8 Å². The van der Waals surface area contributed by atoms with Gasteiger partial charge in [0, 0.05) is 31.1 Å². The Balaban J connectivity index is 1.97. The third-order valence-electron chi connectivity index (χ3n) is 3.03. The normalized spacial score (nSPS) is 19.9. The monoisotopic (exact) mass is 287 g/mol. The minimum absolute atomic E-state index is 0.0199. The van der Waals surface area contributed by atoms with Crippen molar-refractivity contribution in [3.05, 3.63) is 16.5 Å². The van der Waals surface area contributed by atoms with Gasteiger partial charge in [-0.2, -0.15) is 0 Å². The summed E-state index contributed by atoms with van der Waals surface area (Å²) >= 11 is 7.29. The molecule has 0 aliphatic carbocycles. The minimum Gasteiger partial charge on any atom is -0.319 e. The highest BCUT2D eigenvalue weighted by atomic mass is 35.5. The lowest BCUT2D eigenvalue weighted by atomic mass is 10.1. The van der Waals surface area contributed by atoms with E-state index < -0.39 is 0 Å². The predicted octanol–water partition coefficient (Wildman–Crippen LogP) is 3.01. The third-order valence-corrected chi connectivity index (χ3v) is 4.22. The van der Waals surface area contributed by atoms with E-state index in [1.807, 2.05) is 10.3 Å². The number of thiophene rings is 1. The number of anilines is 1. The van der Waals surface area contributed by atoms with Gasteiger partial charge < -0.3 is 10.2 Å². The van der Waals surface area contributed by atoms with Gasteiger partial charge in [-0.1, -0.05) is 24.9 Å². The molecule has 1 aromatic rings. The summed E-state index contributed by atoms with van der Waals surface area (Å²) in [5.41, 5.74) is 0. The number of amides is 2. The van der Waals surface area contributed by atoms with Gasteiger partial charge in [-0.15, -0.1) is 11.3 Å². The number of rotatable bonds is 3. The van der Waals surface area contributed by atoms with Crippen molar-refractivity contribution in [2.24, 2.45) is 0 Å². The number of nitrogens with zero attached hydrogens (tertiary/aromatic N) is 1. The van der Waals surface area contributed by atoms with E-state index in [-0.39, 0.29) is 6.03 Å². The number of carbonyl (C=O) groups excluding carboxylic acids is 1. The standard InChI is InChI=1S/C12H18ClN3OS/c1-2-3-10-7-14-4-5-16(10)12(17)15-11-6-9(13)8-18-11/h6,8,10,14H,2-5,7H2,1H3,(H,15,17). The summed E-state index contributed by atoms with van der Waals surface area (Å²) in [5, 5.41) is 9.54. The molecule has 2 rings (SSSR count). The van der Waals surface area contributed by atoms with Gasteiger partial charge in [-0.05, 0) is 12.5 Å². The molecule has 2 amide bonds. The van der Waals surface area contributed by atoms with Crippen molar-refractivity contribution in [3.63, 3.8) is 0 Å². The smallest absolute Gasteiger partial charge is 0.319 e. The number of halogens is 1. The molecule has 1 saturated heterocycles. The van der Waals surface area contributed by atoms with Crippen LogP contribution in [0.5, 0.6) is 0 Å². The van der Waals surface area contributed by atoms with Crippen LogP contribution in [0.4, 0.5) is 9.80 Å². The summed E-state index contributed by atoms with van der Waals surface area (Å²) in [6, 6.07) is 2.05. The number of carbonyl (C=O) groups is 1. The number of piperazine rings is 1. The first-order valence-electron chi connectivity index (χ1n) is 6.23. The minimum atomic E-state index is -0.0199. The largest absolute Gasteiger partial charge is 0.322 e. The molecule has 4 nitrogen and oxygen atoms in total. The molecular weight excluding hydrogens is 270 g/mol. The van der Waals surface area contributed by atoms with Gasteiger partial charge >= 0.3 is 6.03 Å². The van der Waals surface area contributed by atoms with E-state index in [0.717, 1.165) is 37.5 Å². The first-order chi connectivity index (χ1) is 8.70. The van der Waals surface area contributed by atoms with Crippen LogP contribution in [0, 0.1) is 0 Å². The summed E-state index contributed by atoms with van der Waals surface area (Å²) in [6.07, 6.45) is 2.12. The van der Waals surface area contributed by atoms with Crippen LogP contribution in [0.3, 0.4) is 0 Å². The van der Waals surface area contributed by atoms with Crippen molar-refractivity contribution in [3.8, 4) is 0 Å². The quantitative estimate of drug-likeness (QED) is 0.897. The average Bonchev–Trinajstić information content (AvgIpc) is 2.76. The van der Waals surface area contributed by atoms with Crippen molar-refractivity contribution < 1.29 is 4.79 Å². The second kappa shape index (κ2) is 6.41. The van der Waals surface area contributed by atoms with E-state index in [0.29, 0.717) is 11.1 Å². The summed E-state index contributed by atoms with van der Waals surface area (Å²) < 4.78 is 0. The van der Waals surface area contributed by atoms with Crippen molar-refractivity contribution in [2.45, 2.75) is 25.8 Å². The summed E-state index contributed by atoms with van der Waals surface area (Å²) in [4.78, 5) is 14.1. The van der Waals surface area contributed by atoms with Gasteiger partial charge in [-0.25, -0.2) is 4.79 Å².